The Bertz CT molecular complexity index is 270. The summed E-state index contributed by atoms with van der Waals surface area (Å²) in [6.45, 7) is 1.87. The summed E-state index contributed by atoms with van der Waals surface area (Å²) in [6, 6.07) is 0. The minimum absolute atomic E-state index is 0.0477. The van der Waals surface area contributed by atoms with Gasteiger partial charge in [-0.05, 0) is 6.92 Å². The van der Waals surface area contributed by atoms with Crippen LogP contribution in [0.1, 0.15) is 6.92 Å². The van der Waals surface area contributed by atoms with Crippen LogP contribution in [0.15, 0.2) is 6.20 Å². The lowest BCUT2D eigenvalue weighted by Crippen LogP contribution is -2.09. The smallest absolute Gasteiger partial charge is 0.490 e. The fraction of sp³-hybridized carbons (Fsp3) is 0.333. The summed E-state index contributed by atoms with van der Waals surface area (Å²) in [6.07, 6.45) is 0.376. The molecule has 0 saturated carbocycles. The normalized spacial score (nSPS) is 9.42. The van der Waals surface area contributed by atoms with Crippen molar-refractivity contribution in [2.75, 3.05) is 6.61 Å². The van der Waals surface area contributed by atoms with Crippen LogP contribution in [-0.2, 0) is 4.74 Å². The van der Waals surface area contributed by atoms with Crippen LogP contribution in [-0.4, -0.2) is 28.1 Å². The summed E-state index contributed by atoms with van der Waals surface area (Å²) in [4.78, 5) is 10.7. The second-order valence-corrected chi connectivity index (χ2v) is 1.86. The van der Waals surface area contributed by atoms with Gasteiger partial charge in [-0.2, -0.15) is 0 Å². The van der Waals surface area contributed by atoms with Gasteiger partial charge in [0.2, 0.25) is 5.75 Å². The molecule has 0 aliphatic heterocycles. The lowest BCUT2D eigenvalue weighted by Gasteiger charge is -2.00. The third-order valence-electron chi connectivity index (χ3n) is 1.04. The zero-order valence-corrected chi connectivity index (χ0v) is 6.40. The first-order valence-electron chi connectivity index (χ1n) is 3.31. The van der Waals surface area contributed by atoms with Crippen molar-refractivity contribution in [2.45, 2.75) is 6.92 Å². The highest BCUT2D eigenvalue weighted by atomic mass is 16.7. The number of H-pyrrole nitrogens is 1. The second kappa shape index (κ2) is 3.61. The van der Waals surface area contributed by atoms with E-state index in [2.05, 4.69) is 19.7 Å². The van der Waals surface area contributed by atoms with Crippen LogP contribution in [0.25, 0.3) is 0 Å². The summed E-state index contributed by atoms with van der Waals surface area (Å²) in [5.74, 6) is -0.420. The number of carbonyl (C=O) groups excluding carboxylic acids is 1. The Hall–Kier alpha value is -1.72. The highest BCUT2D eigenvalue weighted by Crippen LogP contribution is 2.21. The van der Waals surface area contributed by atoms with Crippen molar-refractivity contribution in [3.05, 3.63) is 6.20 Å². The molecule has 0 aliphatic carbocycles. The molecule has 6 nitrogen and oxygen atoms in total. The number of hydrogen-bond acceptors (Lipinski definition) is 5. The molecule has 0 fully saturated rings. The number of rotatable bonds is 2. The number of nitrogens with one attached hydrogen (secondary N) is 1. The van der Waals surface area contributed by atoms with Crippen LogP contribution in [0, 0.1) is 0 Å². The highest BCUT2D eigenvalue weighted by Gasteiger charge is 2.10. The van der Waals surface area contributed by atoms with E-state index in [0.717, 1.165) is 0 Å². The van der Waals surface area contributed by atoms with Gasteiger partial charge in [0.15, 0.2) is 0 Å². The molecule has 0 amide bonds. The van der Waals surface area contributed by atoms with Crippen LogP contribution in [0.2, 0.25) is 0 Å². The molecular weight excluding hydrogens is 164 g/mol. The van der Waals surface area contributed by atoms with Gasteiger partial charge in [-0.25, -0.2) is 4.79 Å². The molecule has 1 rings (SSSR count). The molecule has 0 saturated heterocycles. The van der Waals surface area contributed by atoms with Crippen LogP contribution < -0.4 is 4.74 Å². The minimum Gasteiger partial charge on any atom is -0.490 e. The lowest BCUT2D eigenvalue weighted by molar-refractivity contribution is 0.103. The Morgan fingerprint density at radius 3 is 3.08 bits per heavy atom. The summed E-state index contributed by atoms with van der Waals surface area (Å²) in [5, 5.41) is 14.5. The predicted molar refractivity (Wildman–Crippen MR) is 37.9 cm³/mol. The molecule has 1 heterocycles. The first kappa shape index (κ1) is 8.38. The van der Waals surface area contributed by atoms with Gasteiger partial charge in [0, 0.05) is 0 Å². The molecule has 0 atom stereocenters. The maximum atomic E-state index is 10.7. The van der Waals surface area contributed by atoms with Gasteiger partial charge in [-0.3, -0.25) is 5.10 Å². The second-order valence-electron chi connectivity index (χ2n) is 1.86. The predicted octanol–water partition coefficient (Wildman–Crippen LogP) is 0.651. The maximum Gasteiger partial charge on any atom is 0.514 e. The average molecular weight is 172 g/mol. The van der Waals surface area contributed by atoms with Crippen molar-refractivity contribution >= 4 is 6.16 Å². The summed E-state index contributed by atoms with van der Waals surface area (Å²) in [7, 11) is 0. The van der Waals surface area contributed by atoms with Crippen molar-refractivity contribution in [1.82, 2.24) is 10.2 Å². The van der Waals surface area contributed by atoms with E-state index in [-0.39, 0.29) is 18.2 Å². The third kappa shape index (κ3) is 1.88. The van der Waals surface area contributed by atoms with Crippen LogP contribution in [0.3, 0.4) is 0 Å². The molecule has 66 valence electrons. The molecule has 1 aromatic rings. The summed E-state index contributed by atoms with van der Waals surface area (Å²) >= 11 is 0. The minimum atomic E-state index is -0.866. The van der Waals surface area contributed by atoms with Gasteiger partial charge in [-0.15, -0.1) is 5.10 Å². The first-order valence-corrected chi connectivity index (χ1v) is 3.31. The van der Waals surface area contributed by atoms with E-state index in [1.807, 2.05) is 0 Å². The van der Waals surface area contributed by atoms with E-state index in [1.54, 1.807) is 6.92 Å². The topological polar surface area (TPSA) is 84.4 Å². The Labute approximate surface area is 68.1 Å². The molecule has 0 unspecified atom stereocenters. The number of aromatic nitrogens is 2. The molecule has 0 bridgehead atoms. The van der Waals surface area contributed by atoms with Crippen molar-refractivity contribution < 1.29 is 19.4 Å². The zero-order chi connectivity index (χ0) is 8.97. The van der Waals surface area contributed by atoms with Gasteiger partial charge in [0.05, 0.1) is 12.8 Å². The molecule has 0 aliphatic rings. The Kier molecular flexibility index (Phi) is 2.52. The van der Waals surface area contributed by atoms with Crippen LogP contribution in [0.5, 0.6) is 11.6 Å². The lowest BCUT2D eigenvalue weighted by atomic mass is 10.6. The fourth-order valence-electron chi connectivity index (χ4n) is 0.584. The van der Waals surface area contributed by atoms with Gasteiger partial charge < -0.3 is 14.6 Å². The molecular formula is C6H8N2O4. The van der Waals surface area contributed by atoms with E-state index < -0.39 is 6.16 Å². The molecule has 12 heavy (non-hydrogen) atoms. The number of carbonyl (C=O) groups is 1. The molecule has 6 heteroatoms. The standard InChI is InChI=1S/C6H8N2O4/c1-2-11-6(10)12-4-3-7-8-5(4)9/h3H,2H2,1H3,(H2,7,8,9). The Balaban J connectivity index is 2.52. The molecule has 0 aromatic carbocycles. The average Bonchev–Trinajstić information content (AvgIpc) is 2.37. The molecule has 2 N–H and O–H groups in total. The van der Waals surface area contributed by atoms with Crippen molar-refractivity contribution in [1.29, 1.82) is 0 Å². The van der Waals surface area contributed by atoms with Gasteiger partial charge in [0.25, 0.3) is 5.88 Å². The number of ether oxygens (including phenoxy) is 2. The van der Waals surface area contributed by atoms with Crippen LogP contribution >= 0.6 is 0 Å². The Morgan fingerprint density at radius 1 is 1.83 bits per heavy atom. The number of aromatic hydroxyl groups is 1. The van der Waals surface area contributed by atoms with Gasteiger partial charge in [-0.1, -0.05) is 0 Å². The number of aromatic amines is 1. The van der Waals surface area contributed by atoms with Crippen molar-refractivity contribution in [2.24, 2.45) is 0 Å². The van der Waals surface area contributed by atoms with Gasteiger partial charge >= 0.3 is 6.16 Å². The summed E-state index contributed by atoms with van der Waals surface area (Å²) < 4.78 is 8.98. The largest absolute Gasteiger partial charge is 0.514 e. The molecule has 0 spiro atoms. The van der Waals surface area contributed by atoms with E-state index in [1.165, 1.54) is 6.20 Å². The van der Waals surface area contributed by atoms with Crippen molar-refractivity contribution in [3.63, 3.8) is 0 Å². The quantitative estimate of drug-likeness (QED) is 0.640. The van der Waals surface area contributed by atoms with E-state index >= 15 is 0 Å². The fourth-order valence-corrected chi connectivity index (χ4v) is 0.584. The third-order valence-corrected chi connectivity index (χ3v) is 1.04. The maximum absolute atomic E-state index is 10.7. The van der Waals surface area contributed by atoms with E-state index in [4.69, 9.17) is 5.11 Å². The number of nitrogens with zero attached hydrogens (tertiary/aromatic N) is 1. The molecule has 1 aromatic heterocycles. The van der Waals surface area contributed by atoms with Crippen LogP contribution in [0.4, 0.5) is 4.79 Å². The molecule has 0 radical (unpaired) electrons. The summed E-state index contributed by atoms with van der Waals surface area (Å²) in [5.41, 5.74) is 0. The SMILES string of the molecule is CCOC(=O)Oc1c[nH]nc1O. The monoisotopic (exact) mass is 172 g/mol. The van der Waals surface area contributed by atoms with Crippen molar-refractivity contribution in [3.8, 4) is 11.6 Å². The first-order chi connectivity index (χ1) is 5.74. The Morgan fingerprint density at radius 2 is 2.58 bits per heavy atom. The van der Waals surface area contributed by atoms with Gasteiger partial charge in [0.1, 0.15) is 0 Å². The number of hydrogen-bond donors (Lipinski definition) is 2. The van der Waals surface area contributed by atoms with E-state index in [9.17, 15) is 4.79 Å². The highest BCUT2D eigenvalue weighted by molar-refractivity contribution is 5.64. The van der Waals surface area contributed by atoms with E-state index in [0.29, 0.717) is 0 Å². The zero-order valence-electron chi connectivity index (χ0n) is 6.40.